The molecule has 8 atom stereocenters. The Morgan fingerprint density at radius 2 is 1.50 bits per heavy atom. The third-order valence-corrected chi connectivity index (χ3v) is 11.4. The molecule has 4 aliphatic rings. The van der Waals surface area contributed by atoms with E-state index in [-0.39, 0.29) is 12.8 Å². The van der Waals surface area contributed by atoms with Crippen molar-refractivity contribution in [2.24, 2.45) is 29.1 Å². The highest BCUT2D eigenvalue weighted by Crippen LogP contribution is 2.77. The number of carbonyl (C=O) groups excluding carboxylic acids is 1. The van der Waals surface area contributed by atoms with Crippen LogP contribution in [0.15, 0.2) is 23.3 Å². The van der Waals surface area contributed by atoms with Crippen molar-refractivity contribution in [1.82, 2.24) is 0 Å². The summed E-state index contributed by atoms with van der Waals surface area (Å²) in [6, 6.07) is 0. The van der Waals surface area contributed by atoms with E-state index in [0.717, 1.165) is 19.3 Å². The Morgan fingerprint density at radius 3 is 2.05 bits per heavy atom. The molecule has 0 aromatic heterocycles. The minimum absolute atomic E-state index is 0.00113. The van der Waals surface area contributed by atoms with Gasteiger partial charge < -0.3 is 35.4 Å². The van der Waals surface area contributed by atoms with Crippen molar-refractivity contribution in [3.63, 3.8) is 0 Å². The van der Waals surface area contributed by atoms with Gasteiger partial charge in [-0.3, -0.25) is 4.79 Å². The van der Waals surface area contributed by atoms with Gasteiger partial charge in [0, 0.05) is 41.9 Å². The first-order chi connectivity index (χ1) is 19.6. The minimum Gasteiger partial charge on any atom is -0.392 e. The Balaban J connectivity index is 1.45. The van der Waals surface area contributed by atoms with E-state index in [2.05, 4.69) is 6.92 Å². The number of ether oxygens (including phenoxy) is 1. The van der Waals surface area contributed by atoms with Crippen molar-refractivity contribution >= 4 is 5.78 Å². The maximum Gasteiger partial charge on any atom is 0.278 e. The first-order valence-electron chi connectivity index (χ1n) is 16.5. The second kappa shape index (κ2) is 12.3. The molecule has 0 aromatic carbocycles. The van der Waals surface area contributed by atoms with Crippen LogP contribution in [0.3, 0.4) is 0 Å². The highest BCUT2D eigenvalue weighted by molar-refractivity contribution is 6.04. The molecule has 0 spiro atoms. The molecule has 42 heavy (non-hydrogen) atoms. The summed E-state index contributed by atoms with van der Waals surface area (Å²) in [6.07, 6.45) is 14.4. The molecule has 6 N–H and O–H groups in total. The van der Waals surface area contributed by atoms with Crippen LogP contribution in [0.25, 0.3) is 0 Å². The highest BCUT2D eigenvalue weighted by Gasteiger charge is 2.86. The van der Waals surface area contributed by atoms with Gasteiger partial charge in [-0.2, -0.15) is 0 Å². The Morgan fingerprint density at radius 1 is 0.952 bits per heavy atom. The summed E-state index contributed by atoms with van der Waals surface area (Å²) in [4.78, 5) is 13.1. The number of hydrogen-bond donors (Lipinski definition) is 6. The first kappa shape index (κ1) is 33.8. The molecular weight excluding hydrogens is 536 g/mol. The third-order valence-electron chi connectivity index (χ3n) is 11.4. The van der Waals surface area contributed by atoms with Gasteiger partial charge in [-0.05, 0) is 24.5 Å². The van der Waals surface area contributed by atoms with E-state index in [4.69, 9.17) is 4.74 Å². The van der Waals surface area contributed by atoms with Gasteiger partial charge in [-0.15, -0.1) is 0 Å². The molecule has 0 radical (unpaired) electrons. The zero-order valence-electron chi connectivity index (χ0n) is 26.4. The molecule has 2 fully saturated rings. The zero-order chi connectivity index (χ0) is 31.1. The topological polar surface area (TPSA) is 148 Å². The fourth-order valence-electron chi connectivity index (χ4n) is 9.01. The van der Waals surface area contributed by atoms with Gasteiger partial charge in [0.2, 0.25) is 0 Å². The van der Waals surface area contributed by atoms with E-state index >= 15 is 0 Å². The van der Waals surface area contributed by atoms with Crippen LogP contribution in [-0.2, 0) is 9.53 Å². The Labute approximate surface area is 251 Å². The lowest BCUT2D eigenvalue weighted by molar-refractivity contribution is -0.387. The molecule has 8 heteroatoms. The van der Waals surface area contributed by atoms with Gasteiger partial charge in [0.1, 0.15) is 11.2 Å². The maximum absolute atomic E-state index is 13.1. The average molecular weight is 593 g/mol. The van der Waals surface area contributed by atoms with Crippen LogP contribution in [0.1, 0.15) is 118 Å². The summed E-state index contributed by atoms with van der Waals surface area (Å²) in [7, 11) is 0. The number of carbonyl (C=O) groups is 1. The van der Waals surface area contributed by atoms with Crippen molar-refractivity contribution in [3.8, 4) is 0 Å². The van der Waals surface area contributed by atoms with E-state index in [1.54, 1.807) is 26.0 Å². The quantitative estimate of drug-likeness (QED) is 0.0938. The fourth-order valence-corrected chi connectivity index (χ4v) is 9.01. The van der Waals surface area contributed by atoms with Crippen LogP contribution in [-0.4, -0.2) is 71.9 Å². The van der Waals surface area contributed by atoms with Crippen LogP contribution >= 0.6 is 0 Å². The van der Waals surface area contributed by atoms with Crippen LogP contribution < -0.4 is 0 Å². The monoisotopic (exact) mass is 592 g/mol. The molecule has 0 heterocycles. The number of Topliss-reactive ketones (excluding diaryl/α,β-unsaturated/α-hetero) is 1. The molecule has 4 rings (SSSR count). The SMILES string of the molecule is CCCCCCCCCCCCCC(O)(O)O[C@@]12[C@H](O)[C@@H](C)[C@@]3(O)[C@@H](C=C(CO)C[C@]4(O)C(=O)C(C)=C[C@@H]34)[C@@H]1C2(C)C. The molecule has 8 nitrogen and oxygen atoms in total. The Hall–Kier alpha value is -1.13. The van der Waals surface area contributed by atoms with Crippen molar-refractivity contribution in [2.75, 3.05) is 6.61 Å². The fraction of sp³-hybridized carbons (Fsp3) is 0.853. The second-order valence-electron chi connectivity index (χ2n) is 14.5. The lowest BCUT2D eigenvalue weighted by atomic mass is 9.59. The molecule has 0 aliphatic heterocycles. The maximum atomic E-state index is 13.1. The third kappa shape index (κ3) is 5.48. The standard InChI is InChI=1S/C34H56O8/c1-6-7-8-9-10-11-12-13-14-15-16-17-32(39,40)42-34-27(30(34,4)5)25-19-24(21-35)20-31(38)26(18-22(2)28(31)36)33(25,41)23(3)29(34)37/h18-19,23,25-27,29,35,37-41H,6-17,20-21H2,1-5H3/t23-,25+,26-,27-,29-,31-,33-,34-/m1/s1. The summed E-state index contributed by atoms with van der Waals surface area (Å²) in [5.74, 6) is -6.09. The molecule has 0 unspecified atom stereocenters. The van der Waals surface area contributed by atoms with E-state index in [9.17, 15) is 35.4 Å². The van der Waals surface area contributed by atoms with Gasteiger partial charge >= 0.3 is 0 Å². The van der Waals surface area contributed by atoms with Crippen molar-refractivity contribution in [2.45, 2.75) is 147 Å². The molecular formula is C34H56O8. The lowest BCUT2D eigenvalue weighted by Crippen LogP contribution is -2.66. The molecule has 0 bridgehead atoms. The summed E-state index contributed by atoms with van der Waals surface area (Å²) >= 11 is 0. The normalized spacial score (nSPS) is 38.7. The summed E-state index contributed by atoms with van der Waals surface area (Å²) in [5, 5.41) is 68.1. The van der Waals surface area contributed by atoms with Crippen LogP contribution in [0.5, 0.6) is 0 Å². The lowest BCUT2D eigenvalue weighted by Gasteiger charge is -2.53. The minimum atomic E-state index is -2.46. The number of aliphatic hydroxyl groups is 6. The number of unbranched alkanes of at least 4 members (excludes halogenated alkanes) is 10. The van der Waals surface area contributed by atoms with Gasteiger partial charge in [-0.1, -0.05) is 104 Å². The number of hydrogen-bond acceptors (Lipinski definition) is 8. The predicted molar refractivity (Wildman–Crippen MR) is 160 cm³/mol. The predicted octanol–water partition coefficient (Wildman–Crippen LogP) is 4.29. The number of aliphatic hydroxyl groups excluding tert-OH is 2. The van der Waals surface area contributed by atoms with Crippen LogP contribution in [0.2, 0.25) is 0 Å². The smallest absolute Gasteiger partial charge is 0.278 e. The number of fused-ring (bicyclic) bond motifs is 5. The van der Waals surface area contributed by atoms with E-state index < -0.39 is 70.4 Å². The van der Waals surface area contributed by atoms with Crippen molar-refractivity contribution in [1.29, 1.82) is 0 Å². The van der Waals surface area contributed by atoms with E-state index in [1.165, 1.54) is 44.9 Å². The molecule has 0 saturated heterocycles. The second-order valence-corrected chi connectivity index (χ2v) is 14.5. The summed E-state index contributed by atoms with van der Waals surface area (Å²) in [6.45, 7) is 8.85. The van der Waals surface area contributed by atoms with Crippen LogP contribution in [0.4, 0.5) is 0 Å². The van der Waals surface area contributed by atoms with Crippen molar-refractivity contribution < 1.29 is 40.2 Å². The van der Waals surface area contributed by atoms with Gasteiger partial charge in [0.15, 0.2) is 5.78 Å². The Bertz CT molecular complexity index is 1050. The molecule has 0 amide bonds. The highest BCUT2D eigenvalue weighted by atomic mass is 16.8. The molecule has 2 saturated carbocycles. The Kier molecular flexibility index (Phi) is 9.92. The average Bonchev–Trinajstić information content (AvgIpc) is 3.35. The van der Waals surface area contributed by atoms with E-state index in [1.807, 2.05) is 13.8 Å². The summed E-state index contributed by atoms with van der Waals surface area (Å²) in [5.41, 5.74) is -5.03. The zero-order valence-corrected chi connectivity index (χ0v) is 26.4. The summed E-state index contributed by atoms with van der Waals surface area (Å²) < 4.78 is 6.13. The molecule has 4 aliphatic carbocycles. The number of rotatable bonds is 15. The molecule has 240 valence electrons. The van der Waals surface area contributed by atoms with Gasteiger partial charge in [0.05, 0.1) is 18.3 Å². The molecule has 0 aromatic rings. The largest absolute Gasteiger partial charge is 0.392 e. The van der Waals surface area contributed by atoms with Crippen molar-refractivity contribution in [3.05, 3.63) is 23.3 Å². The first-order valence-corrected chi connectivity index (χ1v) is 16.5. The van der Waals surface area contributed by atoms with Gasteiger partial charge in [-0.25, -0.2) is 0 Å². The number of ketones is 1. The van der Waals surface area contributed by atoms with Crippen LogP contribution in [0, 0.1) is 29.1 Å². The van der Waals surface area contributed by atoms with Gasteiger partial charge in [0.25, 0.3) is 5.97 Å². The van der Waals surface area contributed by atoms with E-state index in [0.29, 0.717) is 17.6 Å².